The molecule has 0 aliphatic carbocycles. The Balaban J connectivity index is 2.19. The molecule has 3 aromatic rings. The smallest absolute Gasteiger partial charge is 0.201 e. The number of phenolic OH excluding ortho intramolecular Hbond substituents is 3. The Labute approximate surface area is 132 Å². The van der Waals surface area contributed by atoms with Gasteiger partial charge in [0.2, 0.25) is 5.78 Å². The number of carbonyl (C=O) groups is 1. The maximum atomic E-state index is 12.8. The molecule has 0 fully saturated rings. The van der Waals surface area contributed by atoms with E-state index in [2.05, 4.69) is 0 Å². The van der Waals surface area contributed by atoms with Gasteiger partial charge in [0.05, 0.1) is 0 Å². The summed E-state index contributed by atoms with van der Waals surface area (Å²) in [6.45, 7) is 0. The summed E-state index contributed by atoms with van der Waals surface area (Å²) in [4.78, 5) is 12.8. The summed E-state index contributed by atoms with van der Waals surface area (Å²) in [7, 11) is 0. The molecule has 0 saturated carbocycles. The number of hydrogen-bond donors (Lipinski definition) is 3. The molecule has 0 radical (unpaired) electrons. The van der Waals surface area contributed by atoms with E-state index in [9.17, 15) is 20.1 Å². The van der Waals surface area contributed by atoms with Crippen molar-refractivity contribution in [2.45, 2.75) is 0 Å². The van der Waals surface area contributed by atoms with E-state index in [1.807, 2.05) is 0 Å². The highest BCUT2D eigenvalue weighted by Crippen LogP contribution is 2.35. The van der Waals surface area contributed by atoms with Crippen LogP contribution >= 0.6 is 0 Å². The molecular formula is C19H14O4. The van der Waals surface area contributed by atoms with Gasteiger partial charge in [0.15, 0.2) is 0 Å². The number of hydrogen-bond acceptors (Lipinski definition) is 4. The number of carbonyl (C=O) groups excluding carboxylic acids is 1. The first-order valence-electron chi connectivity index (χ1n) is 7.02. The average Bonchev–Trinajstić information content (AvgIpc) is 2.55. The van der Waals surface area contributed by atoms with E-state index >= 15 is 0 Å². The molecule has 4 nitrogen and oxygen atoms in total. The lowest BCUT2D eigenvalue weighted by molar-refractivity contribution is 0.103. The molecule has 3 rings (SSSR count). The Hall–Kier alpha value is -3.27. The predicted molar refractivity (Wildman–Crippen MR) is 86.7 cm³/mol. The molecule has 0 atom stereocenters. The third-order valence-corrected chi connectivity index (χ3v) is 3.61. The first kappa shape index (κ1) is 14.7. The Morgan fingerprint density at radius 1 is 0.609 bits per heavy atom. The van der Waals surface area contributed by atoms with Gasteiger partial charge in [-0.2, -0.15) is 0 Å². The summed E-state index contributed by atoms with van der Waals surface area (Å²) >= 11 is 0. The Morgan fingerprint density at radius 2 is 1.13 bits per heavy atom. The number of para-hydroxylation sites is 1. The number of phenols is 3. The van der Waals surface area contributed by atoms with E-state index in [1.165, 1.54) is 24.3 Å². The van der Waals surface area contributed by atoms with Crippen molar-refractivity contribution in [3.63, 3.8) is 0 Å². The minimum Gasteiger partial charge on any atom is -0.507 e. The fraction of sp³-hybridized carbons (Fsp3) is 0. The van der Waals surface area contributed by atoms with Crippen molar-refractivity contribution >= 4 is 5.78 Å². The summed E-state index contributed by atoms with van der Waals surface area (Å²) in [6.07, 6.45) is 0. The Morgan fingerprint density at radius 3 is 1.78 bits per heavy atom. The van der Waals surface area contributed by atoms with E-state index in [4.69, 9.17) is 0 Å². The zero-order valence-corrected chi connectivity index (χ0v) is 12.1. The normalized spacial score (nSPS) is 10.4. The molecule has 0 spiro atoms. The van der Waals surface area contributed by atoms with Crippen LogP contribution in [0.3, 0.4) is 0 Å². The van der Waals surface area contributed by atoms with Gasteiger partial charge in [-0.25, -0.2) is 0 Å². The highest BCUT2D eigenvalue weighted by atomic mass is 16.3. The predicted octanol–water partition coefficient (Wildman–Crippen LogP) is 3.70. The molecule has 0 aliphatic rings. The third kappa shape index (κ3) is 2.62. The van der Waals surface area contributed by atoms with Crippen LogP contribution in [0, 0.1) is 0 Å². The van der Waals surface area contributed by atoms with Gasteiger partial charge >= 0.3 is 0 Å². The van der Waals surface area contributed by atoms with Gasteiger partial charge < -0.3 is 15.3 Å². The summed E-state index contributed by atoms with van der Waals surface area (Å²) in [6, 6.07) is 17.6. The molecule has 0 aromatic heterocycles. The van der Waals surface area contributed by atoms with Gasteiger partial charge in [-0.1, -0.05) is 48.5 Å². The van der Waals surface area contributed by atoms with E-state index < -0.39 is 5.78 Å². The van der Waals surface area contributed by atoms with Gasteiger partial charge in [0.1, 0.15) is 22.8 Å². The van der Waals surface area contributed by atoms with E-state index in [0.29, 0.717) is 11.1 Å². The molecule has 0 amide bonds. The van der Waals surface area contributed by atoms with Crippen LogP contribution in [0.1, 0.15) is 15.9 Å². The van der Waals surface area contributed by atoms with Crippen LogP contribution < -0.4 is 0 Å². The minimum atomic E-state index is -0.514. The second-order valence-electron chi connectivity index (χ2n) is 5.06. The molecule has 114 valence electrons. The van der Waals surface area contributed by atoms with Crippen LogP contribution in [0.5, 0.6) is 17.2 Å². The highest BCUT2D eigenvalue weighted by Gasteiger charge is 2.21. The topological polar surface area (TPSA) is 77.8 Å². The maximum absolute atomic E-state index is 12.8. The Bertz CT molecular complexity index is 864. The molecule has 3 N–H and O–H groups in total. The molecule has 0 unspecified atom stereocenters. The van der Waals surface area contributed by atoms with Crippen LogP contribution in [-0.2, 0) is 0 Å². The first-order chi connectivity index (χ1) is 11.1. The zero-order chi connectivity index (χ0) is 16.4. The highest BCUT2D eigenvalue weighted by molar-refractivity contribution is 6.15. The maximum Gasteiger partial charge on any atom is 0.201 e. The largest absolute Gasteiger partial charge is 0.507 e. The molecule has 0 aliphatic heterocycles. The van der Waals surface area contributed by atoms with Crippen molar-refractivity contribution in [2.24, 2.45) is 0 Å². The lowest BCUT2D eigenvalue weighted by Crippen LogP contribution is -2.04. The van der Waals surface area contributed by atoms with Crippen molar-refractivity contribution in [1.29, 1.82) is 0 Å². The van der Waals surface area contributed by atoms with E-state index in [1.54, 1.807) is 42.5 Å². The van der Waals surface area contributed by atoms with Crippen LogP contribution in [0.25, 0.3) is 11.1 Å². The van der Waals surface area contributed by atoms with Crippen LogP contribution in [-0.4, -0.2) is 21.1 Å². The van der Waals surface area contributed by atoms with Crippen molar-refractivity contribution in [1.82, 2.24) is 0 Å². The molecule has 4 heteroatoms. The van der Waals surface area contributed by atoms with Crippen LogP contribution in [0.4, 0.5) is 0 Å². The van der Waals surface area contributed by atoms with Crippen molar-refractivity contribution < 1.29 is 20.1 Å². The third-order valence-electron chi connectivity index (χ3n) is 3.61. The fourth-order valence-corrected chi connectivity index (χ4v) is 2.51. The fourth-order valence-electron chi connectivity index (χ4n) is 2.51. The lowest BCUT2D eigenvalue weighted by Gasteiger charge is -2.12. The standard InChI is InChI=1S/C19H14O4/c20-15-9-4-3-7-13(15)12-6-1-2-8-14(12)19(23)18-16(21)10-5-11-17(18)22/h1-11,20-22H. The first-order valence-corrected chi connectivity index (χ1v) is 7.02. The zero-order valence-electron chi connectivity index (χ0n) is 12.1. The Kier molecular flexibility index (Phi) is 3.73. The number of ketones is 1. The van der Waals surface area contributed by atoms with Gasteiger partial charge in [-0.15, -0.1) is 0 Å². The van der Waals surface area contributed by atoms with E-state index in [-0.39, 0.29) is 28.4 Å². The number of rotatable bonds is 3. The number of benzene rings is 3. The molecule has 3 aromatic carbocycles. The number of aromatic hydroxyl groups is 3. The molecule has 0 bridgehead atoms. The SMILES string of the molecule is O=C(c1ccccc1-c1ccccc1O)c1c(O)cccc1O. The second-order valence-corrected chi connectivity index (χ2v) is 5.06. The monoisotopic (exact) mass is 306 g/mol. The lowest BCUT2D eigenvalue weighted by atomic mass is 9.93. The average molecular weight is 306 g/mol. The van der Waals surface area contributed by atoms with Crippen LogP contribution in [0.15, 0.2) is 66.7 Å². The van der Waals surface area contributed by atoms with Crippen LogP contribution in [0.2, 0.25) is 0 Å². The van der Waals surface area contributed by atoms with Crippen molar-refractivity contribution in [3.8, 4) is 28.4 Å². The molecule has 23 heavy (non-hydrogen) atoms. The summed E-state index contributed by atoms with van der Waals surface area (Å²) < 4.78 is 0. The molecular weight excluding hydrogens is 292 g/mol. The summed E-state index contributed by atoms with van der Waals surface area (Å²) in [5.74, 6) is -1.04. The van der Waals surface area contributed by atoms with E-state index in [0.717, 1.165) is 0 Å². The van der Waals surface area contributed by atoms with Gasteiger partial charge in [0, 0.05) is 11.1 Å². The molecule has 0 saturated heterocycles. The molecule has 0 heterocycles. The van der Waals surface area contributed by atoms with Gasteiger partial charge in [0.25, 0.3) is 0 Å². The van der Waals surface area contributed by atoms with Gasteiger partial charge in [-0.3, -0.25) is 4.79 Å². The van der Waals surface area contributed by atoms with Crippen molar-refractivity contribution in [3.05, 3.63) is 77.9 Å². The second kappa shape index (κ2) is 5.85. The van der Waals surface area contributed by atoms with Crippen molar-refractivity contribution in [2.75, 3.05) is 0 Å². The quantitative estimate of drug-likeness (QED) is 0.645. The summed E-state index contributed by atoms with van der Waals surface area (Å²) in [5, 5.41) is 29.9. The summed E-state index contributed by atoms with van der Waals surface area (Å²) in [5.41, 5.74) is 1.16. The minimum absolute atomic E-state index is 0.0502. The van der Waals surface area contributed by atoms with Gasteiger partial charge in [-0.05, 0) is 23.8 Å².